The largest absolute Gasteiger partial charge is 0.460 e. The van der Waals surface area contributed by atoms with Crippen LogP contribution < -0.4 is 4.74 Å². The van der Waals surface area contributed by atoms with Gasteiger partial charge in [0, 0.05) is 62.7 Å². The van der Waals surface area contributed by atoms with Gasteiger partial charge in [-0.15, -0.1) is 0 Å². The van der Waals surface area contributed by atoms with Crippen LogP contribution >= 0.6 is 11.6 Å². The van der Waals surface area contributed by atoms with Crippen molar-refractivity contribution in [1.29, 1.82) is 0 Å². The van der Waals surface area contributed by atoms with Crippen LogP contribution in [0.1, 0.15) is 23.2 Å². The Labute approximate surface area is 167 Å². The molecule has 4 rings (SSSR count). The van der Waals surface area contributed by atoms with Crippen molar-refractivity contribution >= 4 is 17.5 Å². The standard InChI is InChI=1S/C20H20ClN5O2/c1-25-13-15(12-24-25)14-10-22-20(23-11-14)28-16-6-8-26(9-7-16)19(27)17-4-2-3-5-18(17)21/h2-5,10-13,16H,6-9H2,1H3. The summed E-state index contributed by atoms with van der Waals surface area (Å²) in [5, 5.41) is 4.63. The SMILES string of the molecule is Cn1cc(-c2cnc(OC3CCN(C(=O)c4ccccc4Cl)CC3)nc2)cn1. The van der Waals surface area contributed by atoms with Gasteiger partial charge < -0.3 is 9.64 Å². The topological polar surface area (TPSA) is 73.1 Å². The Kier molecular flexibility index (Phi) is 5.25. The number of carbonyl (C=O) groups is 1. The summed E-state index contributed by atoms with van der Waals surface area (Å²) >= 11 is 6.14. The second kappa shape index (κ2) is 7.98. The second-order valence-corrected chi connectivity index (χ2v) is 7.15. The van der Waals surface area contributed by atoms with E-state index in [1.165, 1.54) is 0 Å². The van der Waals surface area contributed by atoms with Gasteiger partial charge in [-0.3, -0.25) is 9.48 Å². The minimum absolute atomic E-state index is 0.0143. The Morgan fingerprint density at radius 2 is 1.82 bits per heavy atom. The number of hydrogen-bond acceptors (Lipinski definition) is 5. The van der Waals surface area contributed by atoms with E-state index in [4.69, 9.17) is 16.3 Å². The third kappa shape index (κ3) is 3.99. The molecule has 1 aliphatic rings. The highest BCUT2D eigenvalue weighted by atomic mass is 35.5. The molecule has 7 nitrogen and oxygen atoms in total. The highest BCUT2D eigenvalue weighted by Gasteiger charge is 2.26. The number of benzene rings is 1. The van der Waals surface area contributed by atoms with Crippen LogP contribution in [0.4, 0.5) is 0 Å². The van der Waals surface area contributed by atoms with Crippen LogP contribution in [0.25, 0.3) is 11.1 Å². The monoisotopic (exact) mass is 397 g/mol. The van der Waals surface area contributed by atoms with E-state index in [1.54, 1.807) is 35.4 Å². The van der Waals surface area contributed by atoms with E-state index in [2.05, 4.69) is 15.1 Å². The smallest absolute Gasteiger partial charge is 0.316 e. The van der Waals surface area contributed by atoms with Crippen molar-refractivity contribution in [2.24, 2.45) is 7.05 Å². The van der Waals surface area contributed by atoms with Crippen LogP contribution in [0.3, 0.4) is 0 Å². The highest BCUT2D eigenvalue weighted by Crippen LogP contribution is 2.22. The number of ether oxygens (including phenoxy) is 1. The van der Waals surface area contributed by atoms with E-state index in [-0.39, 0.29) is 12.0 Å². The van der Waals surface area contributed by atoms with Crippen molar-refractivity contribution in [3.8, 4) is 17.1 Å². The van der Waals surface area contributed by atoms with Gasteiger partial charge in [0.05, 0.1) is 16.8 Å². The summed E-state index contributed by atoms with van der Waals surface area (Å²) in [4.78, 5) is 23.0. The lowest BCUT2D eigenvalue weighted by Crippen LogP contribution is -2.42. The molecule has 0 radical (unpaired) electrons. The summed E-state index contributed by atoms with van der Waals surface area (Å²) in [7, 11) is 1.87. The van der Waals surface area contributed by atoms with Gasteiger partial charge in [0.15, 0.2) is 0 Å². The zero-order chi connectivity index (χ0) is 19.5. The number of piperidine rings is 1. The number of likely N-dealkylation sites (tertiary alicyclic amines) is 1. The van der Waals surface area contributed by atoms with E-state index in [0.29, 0.717) is 29.7 Å². The number of halogens is 1. The average molecular weight is 398 g/mol. The van der Waals surface area contributed by atoms with Gasteiger partial charge in [0.2, 0.25) is 0 Å². The Bertz CT molecular complexity index is 965. The van der Waals surface area contributed by atoms with Gasteiger partial charge in [-0.05, 0) is 12.1 Å². The van der Waals surface area contributed by atoms with Crippen molar-refractivity contribution in [1.82, 2.24) is 24.6 Å². The molecule has 0 spiro atoms. The fourth-order valence-corrected chi connectivity index (χ4v) is 3.44. The molecule has 1 amide bonds. The Morgan fingerprint density at radius 3 is 2.46 bits per heavy atom. The first-order chi connectivity index (χ1) is 13.6. The first kappa shape index (κ1) is 18.4. The summed E-state index contributed by atoms with van der Waals surface area (Å²) in [6, 6.07) is 7.48. The molecule has 8 heteroatoms. The first-order valence-corrected chi connectivity index (χ1v) is 9.49. The van der Waals surface area contributed by atoms with Crippen LogP contribution in [0.2, 0.25) is 5.02 Å². The molecule has 0 atom stereocenters. The zero-order valence-electron chi connectivity index (χ0n) is 15.5. The Balaban J connectivity index is 1.33. The lowest BCUT2D eigenvalue weighted by Gasteiger charge is -2.31. The van der Waals surface area contributed by atoms with Gasteiger partial charge in [0.25, 0.3) is 5.91 Å². The average Bonchev–Trinajstić information content (AvgIpc) is 3.15. The molecule has 0 bridgehead atoms. The Morgan fingerprint density at radius 1 is 1.11 bits per heavy atom. The van der Waals surface area contributed by atoms with E-state index >= 15 is 0 Å². The summed E-state index contributed by atoms with van der Waals surface area (Å²) in [6.45, 7) is 1.23. The summed E-state index contributed by atoms with van der Waals surface area (Å²) < 4.78 is 7.64. The van der Waals surface area contributed by atoms with Crippen molar-refractivity contribution in [2.75, 3.05) is 13.1 Å². The molecule has 28 heavy (non-hydrogen) atoms. The molecule has 2 aromatic heterocycles. The number of amides is 1. The normalized spacial score (nSPS) is 14.9. The lowest BCUT2D eigenvalue weighted by atomic mass is 10.1. The Hall–Kier alpha value is -2.93. The maximum Gasteiger partial charge on any atom is 0.316 e. The highest BCUT2D eigenvalue weighted by molar-refractivity contribution is 6.33. The lowest BCUT2D eigenvalue weighted by molar-refractivity contribution is 0.0579. The number of hydrogen-bond donors (Lipinski definition) is 0. The van der Waals surface area contributed by atoms with Crippen LogP contribution in [-0.2, 0) is 7.05 Å². The maximum absolute atomic E-state index is 12.6. The maximum atomic E-state index is 12.6. The molecule has 1 fully saturated rings. The fourth-order valence-electron chi connectivity index (χ4n) is 3.23. The van der Waals surface area contributed by atoms with Gasteiger partial charge in [-0.25, -0.2) is 9.97 Å². The van der Waals surface area contributed by atoms with Crippen LogP contribution in [-0.4, -0.2) is 49.7 Å². The molecule has 0 unspecified atom stereocenters. The molecular weight excluding hydrogens is 378 g/mol. The van der Waals surface area contributed by atoms with E-state index < -0.39 is 0 Å². The zero-order valence-corrected chi connectivity index (χ0v) is 16.2. The number of aromatic nitrogens is 4. The van der Waals surface area contributed by atoms with E-state index in [0.717, 1.165) is 24.0 Å². The number of carbonyl (C=O) groups excluding carboxylic acids is 1. The molecule has 1 saturated heterocycles. The molecule has 3 heterocycles. The predicted octanol–water partition coefficient (Wildman–Crippen LogP) is 3.21. The molecule has 0 aliphatic carbocycles. The van der Waals surface area contributed by atoms with Gasteiger partial charge in [-0.1, -0.05) is 23.7 Å². The minimum Gasteiger partial charge on any atom is -0.460 e. The van der Waals surface area contributed by atoms with Crippen molar-refractivity contribution < 1.29 is 9.53 Å². The third-order valence-electron chi connectivity index (χ3n) is 4.77. The quantitative estimate of drug-likeness (QED) is 0.675. The van der Waals surface area contributed by atoms with Gasteiger partial charge in [-0.2, -0.15) is 5.10 Å². The van der Waals surface area contributed by atoms with E-state index in [1.807, 2.05) is 30.3 Å². The van der Waals surface area contributed by atoms with Gasteiger partial charge in [0.1, 0.15) is 6.10 Å². The molecular formula is C20H20ClN5O2. The first-order valence-electron chi connectivity index (χ1n) is 9.11. The third-order valence-corrected chi connectivity index (χ3v) is 5.10. The summed E-state index contributed by atoms with van der Waals surface area (Å²) in [5.74, 6) is -0.0406. The minimum atomic E-state index is -0.0406. The molecule has 3 aromatic rings. The van der Waals surface area contributed by atoms with Crippen LogP contribution in [0.5, 0.6) is 6.01 Å². The van der Waals surface area contributed by atoms with Crippen molar-refractivity contribution in [3.63, 3.8) is 0 Å². The molecule has 144 valence electrons. The summed E-state index contributed by atoms with van der Waals surface area (Å²) in [6.07, 6.45) is 8.58. The second-order valence-electron chi connectivity index (χ2n) is 6.75. The van der Waals surface area contributed by atoms with Crippen LogP contribution in [0, 0.1) is 0 Å². The van der Waals surface area contributed by atoms with Crippen molar-refractivity contribution in [2.45, 2.75) is 18.9 Å². The number of nitrogens with zero attached hydrogens (tertiary/aromatic N) is 5. The molecule has 1 aliphatic heterocycles. The number of rotatable bonds is 4. The molecule has 0 N–H and O–H groups in total. The fraction of sp³-hybridized carbons (Fsp3) is 0.300. The summed E-state index contributed by atoms with van der Waals surface area (Å²) in [5.41, 5.74) is 2.39. The molecule has 0 saturated carbocycles. The van der Waals surface area contributed by atoms with Crippen LogP contribution in [0.15, 0.2) is 49.1 Å². The van der Waals surface area contributed by atoms with Gasteiger partial charge >= 0.3 is 6.01 Å². The van der Waals surface area contributed by atoms with E-state index in [9.17, 15) is 4.79 Å². The predicted molar refractivity (Wildman–Crippen MR) is 105 cm³/mol. The molecule has 1 aromatic carbocycles. The number of aryl methyl sites for hydroxylation is 1. The van der Waals surface area contributed by atoms with Crippen molar-refractivity contribution in [3.05, 3.63) is 59.6 Å².